The molecule has 19 heavy (non-hydrogen) atoms. The fraction of sp³-hybridized carbons (Fsp3) is 0.0833. The second kappa shape index (κ2) is 4.45. The van der Waals surface area contributed by atoms with E-state index in [1.54, 1.807) is 24.5 Å². The molecule has 3 aromatic rings. The standard InChI is InChI=1S/C12H10N4O3/c1-18-7-2-3-8(9(17)6-7)12-15-11(16-19-12)10-13-4-5-14-10/h2-6,17H,1H3,(H,13,14). The van der Waals surface area contributed by atoms with Crippen LogP contribution in [0.25, 0.3) is 23.1 Å². The van der Waals surface area contributed by atoms with Crippen molar-refractivity contribution in [3.05, 3.63) is 30.6 Å². The third-order valence-electron chi connectivity index (χ3n) is 2.57. The predicted molar refractivity (Wildman–Crippen MR) is 65.5 cm³/mol. The van der Waals surface area contributed by atoms with E-state index in [2.05, 4.69) is 20.1 Å². The number of nitrogens with one attached hydrogen (secondary N) is 1. The Labute approximate surface area is 107 Å². The van der Waals surface area contributed by atoms with Crippen LogP contribution < -0.4 is 4.74 Å². The summed E-state index contributed by atoms with van der Waals surface area (Å²) in [6.45, 7) is 0. The van der Waals surface area contributed by atoms with Gasteiger partial charge in [-0.25, -0.2) is 4.98 Å². The zero-order chi connectivity index (χ0) is 13.2. The molecule has 0 fully saturated rings. The van der Waals surface area contributed by atoms with Crippen molar-refractivity contribution in [1.82, 2.24) is 20.1 Å². The first-order valence-corrected chi connectivity index (χ1v) is 5.49. The van der Waals surface area contributed by atoms with Crippen molar-refractivity contribution in [3.8, 4) is 34.6 Å². The maximum absolute atomic E-state index is 9.88. The van der Waals surface area contributed by atoms with Crippen LogP contribution in [0.3, 0.4) is 0 Å². The molecule has 0 radical (unpaired) electrons. The van der Waals surface area contributed by atoms with Gasteiger partial charge in [0.2, 0.25) is 5.82 Å². The van der Waals surface area contributed by atoms with Crippen molar-refractivity contribution < 1.29 is 14.4 Å². The molecule has 0 aliphatic heterocycles. The lowest BCUT2D eigenvalue weighted by Crippen LogP contribution is -1.85. The number of nitrogens with zero attached hydrogens (tertiary/aromatic N) is 3. The Morgan fingerprint density at radius 3 is 2.95 bits per heavy atom. The van der Waals surface area contributed by atoms with Gasteiger partial charge in [-0.15, -0.1) is 0 Å². The number of phenols is 1. The molecule has 0 bridgehead atoms. The quantitative estimate of drug-likeness (QED) is 0.744. The molecule has 7 heteroatoms. The van der Waals surface area contributed by atoms with Crippen LogP contribution in [0.1, 0.15) is 0 Å². The van der Waals surface area contributed by atoms with Gasteiger partial charge >= 0.3 is 0 Å². The Hall–Kier alpha value is -2.83. The minimum Gasteiger partial charge on any atom is -0.507 e. The molecule has 96 valence electrons. The fourth-order valence-electron chi connectivity index (χ4n) is 1.64. The summed E-state index contributed by atoms with van der Waals surface area (Å²) in [5.41, 5.74) is 0.436. The molecular weight excluding hydrogens is 248 g/mol. The summed E-state index contributed by atoms with van der Waals surface area (Å²) < 4.78 is 10.1. The van der Waals surface area contributed by atoms with E-state index in [9.17, 15) is 5.11 Å². The maximum atomic E-state index is 9.88. The zero-order valence-electron chi connectivity index (χ0n) is 9.99. The number of methoxy groups -OCH3 is 1. The molecule has 2 aromatic heterocycles. The second-order valence-corrected chi connectivity index (χ2v) is 3.74. The van der Waals surface area contributed by atoms with Gasteiger partial charge in [-0.1, -0.05) is 5.16 Å². The average molecular weight is 258 g/mol. The summed E-state index contributed by atoms with van der Waals surface area (Å²) in [5, 5.41) is 13.7. The molecule has 0 aliphatic rings. The lowest BCUT2D eigenvalue weighted by Gasteiger charge is -2.02. The van der Waals surface area contributed by atoms with Gasteiger partial charge in [-0.2, -0.15) is 4.98 Å². The normalized spacial score (nSPS) is 10.6. The van der Waals surface area contributed by atoms with Crippen molar-refractivity contribution in [1.29, 1.82) is 0 Å². The number of benzene rings is 1. The van der Waals surface area contributed by atoms with Gasteiger partial charge in [0.05, 0.1) is 12.7 Å². The highest BCUT2D eigenvalue weighted by atomic mass is 16.5. The summed E-state index contributed by atoms with van der Waals surface area (Å²) in [7, 11) is 1.52. The van der Waals surface area contributed by atoms with Gasteiger partial charge in [-0.3, -0.25) is 0 Å². The molecule has 0 aliphatic carbocycles. The zero-order valence-corrected chi connectivity index (χ0v) is 9.99. The number of rotatable bonds is 3. The molecule has 0 unspecified atom stereocenters. The third-order valence-corrected chi connectivity index (χ3v) is 2.57. The van der Waals surface area contributed by atoms with E-state index >= 15 is 0 Å². The van der Waals surface area contributed by atoms with Crippen molar-refractivity contribution in [2.75, 3.05) is 7.11 Å². The van der Waals surface area contributed by atoms with Gasteiger partial charge in [0.1, 0.15) is 11.5 Å². The molecule has 2 N–H and O–H groups in total. The molecule has 0 amide bonds. The van der Waals surface area contributed by atoms with Gasteiger partial charge in [0, 0.05) is 18.5 Å². The first kappa shape index (κ1) is 11.3. The largest absolute Gasteiger partial charge is 0.507 e. The highest BCUT2D eigenvalue weighted by Crippen LogP contribution is 2.31. The lowest BCUT2D eigenvalue weighted by atomic mass is 10.2. The molecule has 7 nitrogen and oxygen atoms in total. The van der Waals surface area contributed by atoms with E-state index in [0.717, 1.165) is 0 Å². The highest BCUT2D eigenvalue weighted by Gasteiger charge is 2.15. The second-order valence-electron chi connectivity index (χ2n) is 3.74. The minimum absolute atomic E-state index is 0.00833. The van der Waals surface area contributed by atoms with E-state index in [4.69, 9.17) is 9.26 Å². The summed E-state index contributed by atoms with van der Waals surface area (Å²) in [6, 6.07) is 4.82. The molecule has 0 saturated carbocycles. The fourth-order valence-corrected chi connectivity index (χ4v) is 1.64. The van der Waals surface area contributed by atoms with Gasteiger partial charge in [0.25, 0.3) is 5.89 Å². The Morgan fingerprint density at radius 1 is 1.37 bits per heavy atom. The Morgan fingerprint density at radius 2 is 2.26 bits per heavy atom. The first-order valence-electron chi connectivity index (χ1n) is 5.49. The van der Waals surface area contributed by atoms with Crippen molar-refractivity contribution >= 4 is 0 Å². The van der Waals surface area contributed by atoms with Crippen LogP contribution in [0.2, 0.25) is 0 Å². The van der Waals surface area contributed by atoms with E-state index < -0.39 is 0 Å². The minimum atomic E-state index is 0.00833. The van der Waals surface area contributed by atoms with Gasteiger partial charge in [0.15, 0.2) is 5.82 Å². The molecule has 2 heterocycles. The number of H-pyrrole nitrogens is 1. The van der Waals surface area contributed by atoms with E-state index in [-0.39, 0.29) is 11.6 Å². The summed E-state index contributed by atoms with van der Waals surface area (Å²) >= 11 is 0. The average Bonchev–Trinajstić information content (AvgIpc) is 3.09. The molecule has 0 spiro atoms. The molecular formula is C12H10N4O3. The van der Waals surface area contributed by atoms with Crippen LogP contribution in [0.5, 0.6) is 11.5 Å². The number of imidazole rings is 1. The van der Waals surface area contributed by atoms with Gasteiger partial charge < -0.3 is 19.4 Å². The Bertz CT molecular complexity index is 691. The lowest BCUT2D eigenvalue weighted by molar-refractivity contribution is 0.405. The smallest absolute Gasteiger partial charge is 0.262 e. The summed E-state index contributed by atoms with van der Waals surface area (Å²) in [5.74, 6) is 1.60. The van der Waals surface area contributed by atoms with Crippen molar-refractivity contribution in [2.45, 2.75) is 0 Å². The maximum Gasteiger partial charge on any atom is 0.262 e. The van der Waals surface area contributed by atoms with Crippen LogP contribution >= 0.6 is 0 Å². The molecule has 0 atom stereocenters. The number of hydrogen-bond acceptors (Lipinski definition) is 6. The molecule has 0 saturated heterocycles. The molecule has 1 aromatic carbocycles. The number of aromatic hydroxyl groups is 1. The van der Waals surface area contributed by atoms with E-state index in [1.165, 1.54) is 13.2 Å². The van der Waals surface area contributed by atoms with Crippen LogP contribution in [-0.4, -0.2) is 32.3 Å². The van der Waals surface area contributed by atoms with Crippen LogP contribution in [0.15, 0.2) is 35.1 Å². The van der Waals surface area contributed by atoms with Crippen LogP contribution in [0.4, 0.5) is 0 Å². The van der Waals surface area contributed by atoms with E-state index in [0.29, 0.717) is 23.0 Å². The SMILES string of the molecule is COc1ccc(-c2nc(-c3ncc[nH]3)no2)c(O)c1. The monoisotopic (exact) mass is 258 g/mol. The van der Waals surface area contributed by atoms with Crippen molar-refractivity contribution in [3.63, 3.8) is 0 Å². The van der Waals surface area contributed by atoms with Gasteiger partial charge in [-0.05, 0) is 12.1 Å². The number of hydrogen-bond donors (Lipinski definition) is 2. The summed E-state index contributed by atoms with van der Waals surface area (Å²) in [4.78, 5) is 11.1. The topological polar surface area (TPSA) is 97.1 Å². The number of aromatic nitrogens is 4. The third kappa shape index (κ3) is 2.01. The first-order chi connectivity index (χ1) is 9.28. The predicted octanol–water partition coefficient (Wildman–Crippen LogP) is 1.84. The van der Waals surface area contributed by atoms with Crippen molar-refractivity contribution in [2.24, 2.45) is 0 Å². The number of ether oxygens (including phenoxy) is 1. The Kier molecular flexibility index (Phi) is 2.64. The summed E-state index contributed by atoms with van der Waals surface area (Å²) in [6.07, 6.45) is 3.26. The number of phenolic OH excluding ortho intramolecular Hbond substituents is 1. The van der Waals surface area contributed by atoms with E-state index in [1.807, 2.05) is 0 Å². The Balaban J connectivity index is 1.99. The number of aromatic amines is 1. The molecule has 3 rings (SSSR count). The van der Waals surface area contributed by atoms with Crippen LogP contribution in [-0.2, 0) is 0 Å². The van der Waals surface area contributed by atoms with Crippen LogP contribution in [0, 0.1) is 0 Å². The highest BCUT2D eigenvalue weighted by molar-refractivity contribution is 5.65.